The molecule has 2 heterocycles. The maximum absolute atomic E-state index is 12.5. The molecule has 1 aliphatic rings. The van der Waals surface area contributed by atoms with E-state index < -0.39 is 0 Å². The summed E-state index contributed by atoms with van der Waals surface area (Å²) >= 11 is 2.96. The van der Waals surface area contributed by atoms with Gasteiger partial charge in [0.2, 0.25) is 11.3 Å². The molecule has 3 rings (SSSR count). The number of primary amides is 1. The van der Waals surface area contributed by atoms with Crippen LogP contribution >= 0.6 is 23.1 Å². The minimum atomic E-state index is -0.377. The molecule has 0 fully saturated rings. The molecule has 20 heavy (non-hydrogen) atoms. The Morgan fingerprint density at radius 2 is 2.30 bits per heavy atom. The number of fused-ring (bicyclic) bond motifs is 2. The summed E-state index contributed by atoms with van der Waals surface area (Å²) in [7, 11) is 0. The maximum atomic E-state index is 12.5. The van der Waals surface area contributed by atoms with Crippen LogP contribution in [0.25, 0.3) is 10.3 Å². The molecule has 0 bridgehead atoms. The van der Waals surface area contributed by atoms with Gasteiger partial charge in [0.1, 0.15) is 10.3 Å². The molecular formula is C13H15N3O2S2. The number of aryl methyl sites for hydroxylation is 2. The molecule has 1 amide bonds. The van der Waals surface area contributed by atoms with Gasteiger partial charge in [0.25, 0.3) is 0 Å². The lowest BCUT2D eigenvalue weighted by molar-refractivity contribution is -0.115. The van der Waals surface area contributed by atoms with Crippen LogP contribution in [0.5, 0.6) is 0 Å². The molecule has 0 aromatic carbocycles. The van der Waals surface area contributed by atoms with Gasteiger partial charge in [0.15, 0.2) is 5.16 Å². The first-order valence-corrected chi connectivity index (χ1v) is 8.38. The van der Waals surface area contributed by atoms with E-state index in [1.54, 1.807) is 11.3 Å². The van der Waals surface area contributed by atoms with Crippen molar-refractivity contribution in [2.45, 2.75) is 37.9 Å². The molecule has 106 valence electrons. The van der Waals surface area contributed by atoms with E-state index in [4.69, 9.17) is 5.73 Å². The third-order valence-corrected chi connectivity index (χ3v) is 5.72. The Morgan fingerprint density at radius 3 is 3.00 bits per heavy atom. The largest absolute Gasteiger partial charge is 0.369 e. The van der Waals surface area contributed by atoms with Crippen LogP contribution in [0.1, 0.15) is 23.8 Å². The van der Waals surface area contributed by atoms with Gasteiger partial charge in [0.05, 0.1) is 5.75 Å². The average Bonchev–Trinajstić information content (AvgIpc) is 3.00. The van der Waals surface area contributed by atoms with Crippen molar-refractivity contribution >= 4 is 39.4 Å². The Balaban J connectivity index is 2.17. The summed E-state index contributed by atoms with van der Waals surface area (Å²) in [5.41, 5.74) is 6.73. The SMILES string of the molecule is CCn1c(SCC(N)=O)nc2c(=O)c3c(sc21)CCC3. The van der Waals surface area contributed by atoms with Gasteiger partial charge < -0.3 is 10.3 Å². The summed E-state index contributed by atoms with van der Waals surface area (Å²) in [4.78, 5) is 30.0. The number of nitrogens with zero attached hydrogens (tertiary/aromatic N) is 2. The number of amides is 1. The lowest BCUT2D eigenvalue weighted by atomic mass is 10.2. The van der Waals surface area contributed by atoms with Gasteiger partial charge in [0, 0.05) is 17.0 Å². The zero-order valence-corrected chi connectivity index (χ0v) is 12.8. The van der Waals surface area contributed by atoms with Crippen LogP contribution in [-0.4, -0.2) is 21.2 Å². The van der Waals surface area contributed by atoms with Crippen molar-refractivity contribution in [3.63, 3.8) is 0 Å². The van der Waals surface area contributed by atoms with Gasteiger partial charge in [-0.05, 0) is 26.2 Å². The van der Waals surface area contributed by atoms with Crippen molar-refractivity contribution in [2.24, 2.45) is 5.73 Å². The van der Waals surface area contributed by atoms with E-state index in [1.165, 1.54) is 16.6 Å². The third-order valence-electron chi connectivity index (χ3n) is 3.42. The highest BCUT2D eigenvalue weighted by Crippen LogP contribution is 2.31. The van der Waals surface area contributed by atoms with E-state index in [0.717, 1.165) is 36.2 Å². The quantitative estimate of drug-likeness (QED) is 0.869. The molecular weight excluding hydrogens is 294 g/mol. The van der Waals surface area contributed by atoms with Gasteiger partial charge in [-0.2, -0.15) is 0 Å². The highest BCUT2D eigenvalue weighted by atomic mass is 32.2. The molecule has 0 unspecified atom stereocenters. The van der Waals surface area contributed by atoms with Crippen molar-refractivity contribution < 1.29 is 4.79 Å². The van der Waals surface area contributed by atoms with E-state index >= 15 is 0 Å². The number of imidazole rings is 1. The second-order valence-electron chi connectivity index (χ2n) is 4.73. The molecule has 2 aromatic rings. The first-order valence-electron chi connectivity index (χ1n) is 6.58. The fourth-order valence-electron chi connectivity index (χ4n) is 2.52. The van der Waals surface area contributed by atoms with Crippen LogP contribution in [0.3, 0.4) is 0 Å². The second-order valence-corrected chi connectivity index (χ2v) is 6.76. The summed E-state index contributed by atoms with van der Waals surface area (Å²) in [5.74, 6) is -0.194. The van der Waals surface area contributed by atoms with Crippen molar-refractivity contribution in [3.05, 3.63) is 20.7 Å². The van der Waals surface area contributed by atoms with Crippen LogP contribution in [0.15, 0.2) is 9.95 Å². The fourth-order valence-corrected chi connectivity index (χ4v) is 4.74. The van der Waals surface area contributed by atoms with E-state index in [9.17, 15) is 9.59 Å². The first kappa shape index (κ1) is 13.6. The minimum Gasteiger partial charge on any atom is -0.369 e. The zero-order valence-electron chi connectivity index (χ0n) is 11.1. The van der Waals surface area contributed by atoms with Crippen molar-refractivity contribution in [1.29, 1.82) is 0 Å². The highest BCUT2D eigenvalue weighted by Gasteiger charge is 2.22. The predicted molar refractivity (Wildman–Crippen MR) is 81.5 cm³/mol. The normalized spacial score (nSPS) is 13.8. The number of rotatable bonds is 4. The summed E-state index contributed by atoms with van der Waals surface area (Å²) < 4.78 is 2.01. The molecule has 0 spiro atoms. The van der Waals surface area contributed by atoms with Gasteiger partial charge in [-0.1, -0.05) is 11.8 Å². The molecule has 2 aromatic heterocycles. The Kier molecular flexibility index (Phi) is 3.55. The minimum absolute atomic E-state index is 0.0689. The van der Waals surface area contributed by atoms with E-state index in [-0.39, 0.29) is 17.1 Å². The number of carbonyl (C=O) groups is 1. The molecule has 5 nitrogen and oxygen atoms in total. The Hall–Kier alpha value is -1.34. The van der Waals surface area contributed by atoms with Crippen LogP contribution in [0.2, 0.25) is 0 Å². The molecule has 0 radical (unpaired) electrons. The zero-order chi connectivity index (χ0) is 14.3. The number of carbonyl (C=O) groups excluding carboxylic acids is 1. The molecule has 0 aliphatic heterocycles. The van der Waals surface area contributed by atoms with Crippen molar-refractivity contribution in [1.82, 2.24) is 9.55 Å². The van der Waals surface area contributed by atoms with Gasteiger partial charge in [-0.15, -0.1) is 11.3 Å². The van der Waals surface area contributed by atoms with E-state index in [2.05, 4.69) is 4.98 Å². The Labute approximate surface area is 124 Å². The monoisotopic (exact) mass is 309 g/mol. The molecule has 0 saturated carbocycles. The van der Waals surface area contributed by atoms with Crippen LogP contribution < -0.4 is 11.2 Å². The Bertz CT molecular complexity index is 748. The molecule has 0 atom stereocenters. The molecule has 2 N–H and O–H groups in total. The number of nitrogens with two attached hydrogens (primary N) is 1. The molecule has 0 saturated heterocycles. The fraction of sp³-hybridized carbons (Fsp3) is 0.462. The van der Waals surface area contributed by atoms with Gasteiger partial charge >= 0.3 is 0 Å². The first-order chi connectivity index (χ1) is 9.61. The predicted octanol–water partition coefficient (Wildman–Crippen LogP) is 1.54. The molecule has 7 heteroatoms. The average molecular weight is 309 g/mol. The van der Waals surface area contributed by atoms with E-state index in [1.807, 2.05) is 11.5 Å². The van der Waals surface area contributed by atoms with E-state index in [0.29, 0.717) is 10.7 Å². The van der Waals surface area contributed by atoms with Gasteiger partial charge in [-0.3, -0.25) is 9.59 Å². The smallest absolute Gasteiger partial charge is 0.227 e. The van der Waals surface area contributed by atoms with Crippen LogP contribution in [-0.2, 0) is 24.2 Å². The van der Waals surface area contributed by atoms with Gasteiger partial charge in [-0.25, -0.2) is 4.98 Å². The number of aromatic nitrogens is 2. The van der Waals surface area contributed by atoms with Crippen LogP contribution in [0, 0.1) is 0 Å². The topological polar surface area (TPSA) is 78.0 Å². The third kappa shape index (κ3) is 2.14. The lowest BCUT2D eigenvalue weighted by Crippen LogP contribution is -2.13. The Morgan fingerprint density at radius 1 is 1.50 bits per heavy atom. The van der Waals surface area contributed by atoms with Crippen molar-refractivity contribution in [3.8, 4) is 0 Å². The number of thioether (sulfide) groups is 1. The second kappa shape index (κ2) is 5.21. The molecule has 1 aliphatic carbocycles. The van der Waals surface area contributed by atoms with Crippen molar-refractivity contribution in [2.75, 3.05) is 5.75 Å². The number of hydrogen-bond acceptors (Lipinski definition) is 5. The summed E-state index contributed by atoms with van der Waals surface area (Å²) in [6, 6.07) is 0. The summed E-state index contributed by atoms with van der Waals surface area (Å²) in [6.45, 7) is 2.74. The summed E-state index contributed by atoms with van der Waals surface area (Å²) in [5, 5.41) is 0.707. The van der Waals surface area contributed by atoms with Crippen LogP contribution in [0.4, 0.5) is 0 Å². The highest BCUT2D eigenvalue weighted by molar-refractivity contribution is 7.99. The number of hydrogen-bond donors (Lipinski definition) is 1. The standard InChI is InChI=1S/C13H15N3O2S2/c1-2-16-12-10(15-13(16)19-6-9(14)17)11(18)7-4-3-5-8(7)20-12/h2-6H2,1H3,(H2,14,17). The lowest BCUT2D eigenvalue weighted by Gasteiger charge is -2.04. The summed E-state index contributed by atoms with van der Waals surface area (Å²) in [6.07, 6.45) is 2.91. The maximum Gasteiger partial charge on any atom is 0.227 e.